The number of hydrogen-bond donors (Lipinski definition) is 3. The van der Waals surface area contributed by atoms with Crippen LogP contribution in [0.5, 0.6) is 5.75 Å². The number of phenolic OH excluding ortho intramolecular Hbond substituents is 1. The van der Waals surface area contributed by atoms with Crippen molar-refractivity contribution in [3.05, 3.63) is 65.9 Å². The Hall–Kier alpha value is -3.08. The number of aromatic nitrogens is 1. The van der Waals surface area contributed by atoms with Crippen molar-refractivity contribution in [2.24, 2.45) is 5.10 Å². The zero-order valence-corrected chi connectivity index (χ0v) is 11.8. The summed E-state index contributed by atoms with van der Waals surface area (Å²) in [6, 6.07) is 16.4. The number of rotatable bonds is 4. The number of para-hydroxylation sites is 1. The zero-order chi connectivity index (χ0) is 15.4. The number of benzene rings is 2. The van der Waals surface area contributed by atoms with Crippen LogP contribution in [0.2, 0.25) is 0 Å². The van der Waals surface area contributed by atoms with Crippen LogP contribution >= 0.6 is 0 Å². The molecular formula is C17H15N3O2. The van der Waals surface area contributed by atoms with Crippen molar-refractivity contribution >= 4 is 23.0 Å². The molecule has 0 bridgehead atoms. The van der Waals surface area contributed by atoms with Crippen LogP contribution in [0, 0.1) is 0 Å². The Morgan fingerprint density at radius 2 is 1.95 bits per heavy atom. The topological polar surface area (TPSA) is 77.5 Å². The van der Waals surface area contributed by atoms with Gasteiger partial charge in [0.2, 0.25) is 5.91 Å². The molecule has 1 aromatic heterocycles. The molecule has 0 saturated carbocycles. The molecule has 1 amide bonds. The first-order valence-corrected chi connectivity index (χ1v) is 6.88. The van der Waals surface area contributed by atoms with Crippen LogP contribution in [-0.4, -0.2) is 22.2 Å². The normalized spacial score (nSPS) is 11.1. The number of carbonyl (C=O) groups is 1. The molecule has 0 radical (unpaired) electrons. The van der Waals surface area contributed by atoms with Crippen molar-refractivity contribution in [2.75, 3.05) is 0 Å². The summed E-state index contributed by atoms with van der Waals surface area (Å²) in [6.07, 6.45) is 1.77. The van der Waals surface area contributed by atoms with Crippen molar-refractivity contribution in [2.45, 2.75) is 6.42 Å². The molecule has 0 saturated heterocycles. The highest BCUT2D eigenvalue weighted by molar-refractivity contribution is 5.85. The minimum absolute atomic E-state index is 0.193. The van der Waals surface area contributed by atoms with Crippen LogP contribution in [0.4, 0.5) is 0 Å². The Labute approximate surface area is 127 Å². The highest BCUT2D eigenvalue weighted by Crippen LogP contribution is 2.14. The first kappa shape index (κ1) is 13.9. The SMILES string of the molecule is O=C(Cc1cc2ccccc2[nH]1)NN=Cc1ccc(O)cc1. The second-order valence-electron chi connectivity index (χ2n) is 4.94. The Morgan fingerprint density at radius 3 is 2.73 bits per heavy atom. The molecule has 2 aromatic carbocycles. The average molecular weight is 293 g/mol. The highest BCUT2D eigenvalue weighted by atomic mass is 16.3. The van der Waals surface area contributed by atoms with Crippen LogP contribution in [-0.2, 0) is 11.2 Å². The van der Waals surface area contributed by atoms with Gasteiger partial charge in [-0.05, 0) is 47.3 Å². The molecule has 0 aliphatic rings. The smallest absolute Gasteiger partial charge is 0.245 e. The van der Waals surface area contributed by atoms with E-state index >= 15 is 0 Å². The van der Waals surface area contributed by atoms with E-state index in [0.29, 0.717) is 0 Å². The van der Waals surface area contributed by atoms with E-state index in [-0.39, 0.29) is 18.1 Å². The molecule has 3 rings (SSSR count). The number of nitrogens with one attached hydrogen (secondary N) is 2. The predicted molar refractivity (Wildman–Crippen MR) is 85.8 cm³/mol. The van der Waals surface area contributed by atoms with E-state index in [2.05, 4.69) is 15.5 Å². The summed E-state index contributed by atoms with van der Waals surface area (Å²) in [5.41, 5.74) is 5.14. The number of aromatic hydroxyl groups is 1. The van der Waals surface area contributed by atoms with Crippen molar-refractivity contribution in [1.29, 1.82) is 0 Å². The molecule has 5 nitrogen and oxygen atoms in total. The quantitative estimate of drug-likeness (QED) is 0.510. The van der Waals surface area contributed by atoms with Gasteiger partial charge in [-0.1, -0.05) is 18.2 Å². The molecule has 1 heterocycles. The molecule has 0 unspecified atom stereocenters. The fourth-order valence-corrected chi connectivity index (χ4v) is 2.18. The van der Waals surface area contributed by atoms with Crippen molar-refractivity contribution < 1.29 is 9.90 Å². The standard InChI is InChI=1S/C17H15N3O2/c21-15-7-5-12(6-8-15)11-18-20-17(22)10-14-9-13-3-1-2-4-16(13)19-14/h1-9,11,19,21H,10H2,(H,20,22). The van der Waals surface area contributed by atoms with Crippen molar-refractivity contribution in [3.63, 3.8) is 0 Å². The lowest BCUT2D eigenvalue weighted by Crippen LogP contribution is -2.19. The van der Waals surface area contributed by atoms with E-state index in [1.54, 1.807) is 24.3 Å². The average Bonchev–Trinajstić information content (AvgIpc) is 2.91. The van der Waals surface area contributed by atoms with Gasteiger partial charge in [-0.3, -0.25) is 4.79 Å². The number of phenols is 1. The number of H-pyrrole nitrogens is 1. The molecule has 110 valence electrons. The fourth-order valence-electron chi connectivity index (χ4n) is 2.18. The lowest BCUT2D eigenvalue weighted by Gasteiger charge is -1.98. The largest absolute Gasteiger partial charge is 0.508 e. The minimum atomic E-state index is -0.193. The third kappa shape index (κ3) is 3.32. The predicted octanol–water partition coefficient (Wildman–Crippen LogP) is 2.57. The lowest BCUT2D eigenvalue weighted by atomic mass is 10.2. The van der Waals surface area contributed by atoms with Gasteiger partial charge in [0.25, 0.3) is 0 Å². The minimum Gasteiger partial charge on any atom is -0.508 e. The Kier molecular flexibility index (Phi) is 3.87. The third-order valence-electron chi connectivity index (χ3n) is 3.23. The van der Waals surface area contributed by atoms with Crippen molar-refractivity contribution in [1.82, 2.24) is 10.4 Å². The van der Waals surface area contributed by atoms with Gasteiger partial charge in [0.15, 0.2) is 0 Å². The summed E-state index contributed by atoms with van der Waals surface area (Å²) in [4.78, 5) is 15.0. The van der Waals surface area contributed by atoms with Gasteiger partial charge in [0.05, 0.1) is 12.6 Å². The van der Waals surface area contributed by atoms with E-state index in [9.17, 15) is 9.90 Å². The van der Waals surface area contributed by atoms with Gasteiger partial charge in [-0.25, -0.2) is 5.43 Å². The molecule has 0 atom stereocenters. The summed E-state index contributed by atoms with van der Waals surface area (Å²) in [5.74, 6) is 0.00146. The molecule has 0 spiro atoms. The monoisotopic (exact) mass is 293 g/mol. The number of nitrogens with zero attached hydrogens (tertiary/aromatic N) is 1. The second-order valence-corrected chi connectivity index (χ2v) is 4.94. The Morgan fingerprint density at radius 1 is 1.18 bits per heavy atom. The Bertz CT molecular complexity index is 786. The molecule has 0 aliphatic carbocycles. The molecule has 22 heavy (non-hydrogen) atoms. The van der Waals surface area contributed by atoms with Gasteiger partial charge < -0.3 is 10.1 Å². The van der Waals surface area contributed by atoms with Gasteiger partial charge in [-0.15, -0.1) is 0 Å². The van der Waals surface area contributed by atoms with Gasteiger partial charge in [0, 0.05) is 11.2 Å². The van der Waals surface area contributed by atoms with Crippen LogP contribution in [0.3, 0.4) is 0 Å². The molecular weight excluding hydrogens is 278 g/mol. The van der Waals surface area contributed by atoms with E-state index in [4.69, 9.17) is 0 Å². The number of carbonyl (C=O) groups excluding carboxylic acids is 1. The van der Waals surface area contributed by atoms with Crippen LogP contribution in [0.25, 0.3) is 10.9 Å². The number of hydrogen-bond acceptors (Lipinski definition) is 3. The number of fused-ring (bicyclic) bond motifs is 1. The van der Waals surface area contributed by atoms with Crippen LogP contribution in [0.1, 0.15) is 11.3 Å². The van der Waals surface area contributed by atoms with Gasteiger partial charge in [-0.2, -0.15) is 5.10 Å². The van der Waals surface area contributed by atoms with Crippen molar-refractivity contribution in [3.8, 4) is 5.75 Å². The summed E-state index contributed by atoms with van der Waals surface area (Å²) in [6.45, 7) is 0. The molecule has 0 fully saturated rings. The van der Waals surface area contributed by atoms with Gasteiger partial charge >= 0.3 is 0 Å². The van der Waals surface area contributed by atoms with E-state index < -0.39 is 0 Å². The van der Waals surface area contributed by atoms with E-state index in [1.165, 1.54) is 6.21 Å². The molecule has 3 N–H and O–H groups in total. The van der Waals surface area contributed by atoms with Crippen LogP contribution in [0.15, 0.2) is 59.7 Å². The second kappa shape index (κ2) is 6.13. The van der Waals surface area contributed by atoms with Gasteiger partial charge in [0.1, 0.15) is 5.75 Å². The van der Waals surface area contributed by atoms with Crippen LogP contribution < -0.4 is 5.43 Å². The first-order valence-electron chi connectivity index (χ1n) is 6.88. The summed E-state index contributed by atoms with van der Waals surface area (Å²) >= 11 is 0. The molecule has 0 aliphatic heterocycles. The summed E-state index contributed by atoms with van der Waals surface area (Å²) in [5, 5.41) is 14.2. The molecule has 5 heteroatoms. The number of aromatic amines is 1. The highest BCUT2D eigenvalue weighted by Gasteiger charge is 2.05. The zero-order valence-electron chi connectivity index (χ0n) is 11.8. The van der Waals surface area contributed by atoms with E-state index in [1.807, 2.05) is 30.3 Å². The maximum atomic E-state index is 11.8. The number of hydrazone groups is 1. The Balaban J connectivity index is 1.59. The third-order valence-corrected chi connectivity index (χ3v) is 3.23. The fraction of sp³-hybridized carbons (Fsp3) is 0.0588. The maximum absolute atomic E-state index is 11.8. The summed E-state index contributed by atoms with van der Waals surface area (Å²) in [7, 11) is 0. The molecule has 3 aromatic rings. The summed E-state index contributed by atoms with van der Waals surface area (Å²) < 4.78 is 0. The first-order chi connectivity index (χ1) is 10.7. The number of amides is 1. The maximum Gasteiger partial charge on any atom is 0.245 e. The lowest BCUT2D eigenvalue weighted by molar-refractivity contribution is -0.120. The van der Waals surface area contributed by atoms with E-state index in [0.717, 1.165) is 22.2 Å².